The number of nitrogens with one attached hydrogen (secondary N) is 1. The SMILES string of the molecule is CCCCCSc1nc2sccn2c1CNCCC. The van der Waals surface area contributed by atoms with Crippen molar-refractivity contribution in [2.24, 2.45) is 0 Å². The minimum Gasteiger partial charge on any atom is -0.311 e. The lowest BCUT2D eigenvalue weighted by Gasteiger charge is -2.05. The van der Waals surface area contributed by atoms with Crippen LogP contribution in [0.3, 0.4) is 0 Å². The first kappa shape index (κ1) is 14.9. The second-order valence-corrected chi connectivity index (χ2v) is 6.61. The van der Waals surface area contributed by atoms with E-state index in [9.17, 15) is 0 Å². The summed E-state index contributed by atoms with van der Waals surface area (Å²) >= 11 is 3.63. The van der Waals surface area contributed by atoms with Crippen LogP contribution in [0, 0.1) is 0 Å². The molecule has 0 aliphatic heterocycles. The molecule has 0 bridgehead atoms. The highest BCUT2D eigenvalue weighted by Crippen LogP contribution is 2.26. The number of fused-ring (bicyclic) bond motifs is 1. The highest BCUT2D eigenvalue weighted by atomic mass is 32.2. The van der Waals surface area contributed by atoms with Gasteiger partial charge in [0.2, 0.25) is 0 Å². The molecule has 19 heavy (non-hydrogen) atoms. The molecule has 5 heteroatoms. The van der Waals surface area contributed by atoms with Gasteiger partial charge in [0.25, 0.3) is 0 Å². The Bertz CT molecular complexity index is 490. The van der Waals surface area contributed by atoms with E-state index in [-0.39, 0.29) is 0 Å². The number of thiazole rings is 1. The summed E-state index contributed by atoms with van der Waals surface area (Å²) in [5, 5.41) is 6.81. The molecule has 1 N–H and O–H groups in total. The monoisotopic (exact) mass is 297 g/mol. The molecule has 0 aliphatic rings. The van der Waals surface area contributed by atoms with Crippen molar-refractivity contribution < 1.29 is 0 Å². The molecule has 0 saturated heterocycles. The second kappa shape index (κ2) is 7.92. The van der Waals surface area contributed by atoms with Gasteiger partial charge in [-0.2, -0.15) is 0 Å². The third-order valence-electron chi connectivity index (χ3n) is 3.03. The molecule has 106 valence electrons. The van der Waals surface area contributed by atoms with Crippen molar-refractivity contribution in [1.29, 1.82) is 0 Å². The summed E-state index contributed by atoms with van der Waals surface area (Å²) in [5.74, 6) is 1.18. The quantitative estimate of drug-likeness (QED) is 0.556. The van der Waals surface area contributed by atoms with Gasteiger partial charge in [0.15, 0.2) is 4.96 Å². The maximum Gasteiger partial charge on any atom is 0.194 e. The van der Waals surface area contributed by atoms with E-state index in [2.05, 4.69) is 35.1 Å². The predicted octanol–water partition coefficient (Wildman–Crippen LogP) is 4.18. The minimum atomic E-state index is 0.919. The van der Waals surface area contributed by atoms with Gasteiger partial charge in [0, 0.05) is 18.1 Å². The molecule has 0 amide bonds. The van der Waals surface area contributed by atoms with Crippen LogP contribution in [0.5, 0.6) is 0 Å². The number of hydrogen-bond donors (Lipinski definition) is 1. The van der Waals surface area contributed by atoms with Crippen LogP contribution < -0.4 is 5.32 Å². The zero-order valence-electron chi connectivity index (χ0n) is 11.8. The van der Waals surface area contributed by atoms with Crippen LogP contribution in [-0.2, 0) is 6.54 Å². The Kier molecular flexibility index (Phi) is 6.20. The van der Waals surface area contributed by atoms with Crippen LogP contribution >= 0.6 is 23.1 Å². The molecule has 0 aliphatic carbocycles. The number of unbranched alkanes of at least 4 members (excludes halogenated alkanes) is 2. The topological polar surface area (TPSA) is 29.3 Å². The van der Waals surface area contributed by atoms with Gasteiger partial charge in [0.1, 0.15) is 5.03 Å². The van der Waals surface area contributed by atoms with E-state index in [1.54, 1.807) is 11.3 Å². The number of rotatable bonds is 9. The Hall–Kier alpha value is -0.520. The van der Waals surface area contributed by atoms with Gasteiger partial charge in [-0.3, -0.25) is 4.40 Å². The van der Waals surface area contributed by atoms with Crippen molar-refractivity contribution in [2.75, 3.05) is 12.3 Å². The lowest BCUT2D eigenvalue weighted by Crippen LogP contribution is -2.15. The van der Waals surface area contributed by atoms with Crippen LogP contribution in [0.15, 0.2) is 16.6 Å². The van der Waals surface area contributed by atoms with Crippen LogP contribution in [-0.4, -0.2) is 21.7 Å². The van der Waals surface area contributed by atoms with Gasteiger partial charge in [-0.15, -0.1) is 23.1 Å². The van der Waals surface area contributed by atoms with Gasteiger partial charge in [-0.1, -0.05) is 26.7 Å². The minimum absolute atomic E-state index is 0.919. The van der Waals surface area contributed by atoms with Crippen molar-refractivity contribution >= 4 is 28.1 Å². The standard InChI is InChI=1S/C14H23N3S2/c1-3-5-6-9-18-13-12(11-15-7-4-2)17-8-10-19-14(17)16-13/h8,10,15H,3-7,9,11H2,1-2H3. The van der Waals surface area contributed by atoms with Crippen molar-refractivity contribution in [3.63, 3.8) is 0 Å². The second-order valence-electron chi connectivity index (χ2n) is 4.65. The average molecular weight is 297 g/mol. The molecule has 0 atom stereocenters. The van der Waals surface area contributed by atoms with Crippen molar-refractivity contribution in [1.82, 2.24) is 14.7 Å². The van der Waals surface area contributed by atoms with Crippen molar-refractivity contribution in [3.05, 3.63) is 17.3 Å². The molecule has 0 aromatic carbocycles. The van der Waals surface area contributed by atoms with Gasteiger partial charge < -0.3 is 5.32 Å². The highest BCUT2D eigenvalue weighted by molar-refractivity contribution is 7.99. The van der Waals surface area contributed by atoms with E-state index in [0.717, 1.165) is 18.1 Å². The number of hydrogen-bond acceptors (Lipinski definition) is 4. The zero-order chi connectivity index (χ0) is 13.5. The van der Waals surface area contributed by atoms with E-state index >= 15 is 0 Å². The number of imidazole rings is 1. The van der Waals surface area contributed by atoms with Crippen molar-refractivity contribution in [2.45, 2.75) is 51.1 Å². The summed E-state index contributed by atoms with van der Waals surface area (Å²) in [5.41, 5.74) is 1.33. The molecule has 0 spiro atoms. The Balaban J connectivity index is 2.03. The normalized spacial score (nSPS) is 11.5. The lowest BCUT2D eigenvalue weighted by molar-refractivity contribution is 0.653. The van der Waals surface area contributed by atoms with E-state index < -0.39 is 0 Å². The Morgan fingerprint density at radius 2 is 2.21 bits per heavy atom. The fourth-order valence-corrected chi connectivity index (χ4v) is 3.81. The van der Waals surface area contributed by atoms with Gasteiger partial charge >= 0.3 is 0 Å². The third-order valence-corrected chi connectivity index (χ3v) is 4.88. The number of aromatic nitrogens is 2. The van der Waals surface area contributed by atoms with Crippen molar-refractivity contribution in [3.8, 4) is 0 Å². The molecule has 2 heterocycles. The summed E-state index contributed by atoms with van der Waals surface area (Å²) in [6.07, 6.45) is 7.19. The van der Waals surface area contributed by atoms with E-state index in [0.29, 0.717) is 0 Å². The fourth-order valence-electron chi connectivity index (χ4n) is 1.99. The maximum absolute atomic E-state index is 4.75. The van der Waals surface area contributed by atoms with E-state index in [1.165, 1.54) is 42.2 Å². The summed E-state index contributed by atoms with van der Waals surface area (Å²) < 4.78 is 2.23. The molecule has 0 saturated carbocycles. The molecule has 3 nitrogen and oxygen atoms in total. The molecule has 0 fully saturated rings. The van der Waals surface area contributed by atoms with Gasteiger partial charge in [-0.25, -0.2) is 4.98 Å². The number of nitrogens with zero attached hydrogens (tertiary/aromatic N) is 2. The van der Waals surface area contributed by atoms with Crippen LogP contribution in [0.25, 0.3) is 4.96 Å². The van der Waals surface area contributed by atoms with Gasteiger partial charge in [-0.05, 0) is 25.1 Å². The van der Waals surface area contributed by atoms with Crippen LogP contribution in [0.2, 0.25) is 0 Å². The number of thioether (sulfide) groups is 1. The molecule has 2 aromatic rings. The van der Waals surface area contributed by atoms with Crippen LogP contribution in [0.4, 0.5) is 0 Å². The first-order valence-electron chi connectivity index (χ1n) is 7.14. The molecule has 2 aromatic heterocycles. The summed E-state index contributed by atoms with van der Waals surface area (Å²) in [6.45, 7) is 6.43. The first-order chi connectivity index (χ1) is 9.36. The largest absolute Gasteiger partial charge is 0.311 e. The summed E-state index contributed by atoms with van der Waals surface area (Å²) in [4.78, 5) is 5.87. The first-order valence-corrected chi connectivity index (χ1v) is 9.01. The summed E-state index contributed by atoms with van der Waals surface area (Å²) in [7, 11) is 0. The zero-order valence-corrected chi connectivity index (χ0v) is 13.4. The maximum atomic E-state index is 4.75. The summed E-state index contributed by atoms with van der Waals surface area (Å²) in [6, 6.07) is 0. The Morgan fingerprint density at radius 1 is 1.32 bits per heavy atom. The molecule has 2 rings (SSSR count). The smallest absolute Gasteiger partial charge is 0.194 e. The predicted molar refractivity (Wildman–Crippen MR) is 85.3 cm³/mol. The molecule has 0 unspecified atom stereocenters. The highest BCUT2D eigenvalue weighted by Gasteiger charge is 2.12. The molecule has 0 radical (unpaired) electrons. The van der Waals surface area contributed by atoms with Crippen LogP contribution in [0.1, 0.15) is 45.2 Å². The molecular weight excluding hydrogens is 274 g/mol. The van der Waals surface area contributed by atoms with E-state index in [4.69, 9.17) is 4.98 Å². The Morgan fingerprint density at radius 3 is 3.00 bits per heavy atom. The van der Waals surface area contributed by atoms with E-state index in [1.807, 2.05) is 11.8 Å². The van der Waals surface area contributed by atoms with Gasteiger partial charge in [0.05, 0.1) is 5.69 Å². The molecular formula is C14H23N3S2. The fraction of sp³-hybridized carbons (Fsp3) is 0.643. The lowest BCUT2D eigenvalue weighted by atomic mass is 10.3. The Labute approximate surface area is 123 Å². The average Bonchev–Trinajstić information content (AvgIpc) is 2.97. The third kappa shape index (κ3) is 3.97.